The number of aliphatic imine (C=N–C) groups is 1. The van der Waals surface area contributed by atoms with Gasteiger partial charge in [0.2, 0.25) is 0 Å². The molecule has 0 radical (unpaired) electrons. The second-order valence-corrected chi connectivity index (χ2v) is 2.56. The highest BCUT2D eigenvalue weighted by molar-refractivity contribution is 6.23. The largest absolute Gasteiger partial charge is 0.831 e. The summed E-state index contributed by atoms with van der Waals surface area (Å²) in [7, 11) is 1.23. The summed E-state index contributed by atoms with van der Waals surface area (Å²) in [5, 5.41) is 11.3. The van der Waals surface area contributed by atoms with Crippen LogP contribution in [0, 0.1) is 0 Å². The molecule has 14 heavy (non-hydrogen) atoms. The fourth-order valence-electron chi connectivity index (χ4n) is 0.885. The SMILES string of the molecule is COC(=O)C=NC([O-])c1ccccc1. The lowest BCUT2D eigenvalue weighted by molar-refractivity contribution is -0.423. The molecule has 74 valence electrons. The Balaban J connectivity index is 2.63. The molecule has 1 rings (SSSR count). The molecule has 1 unspecified atom stereocenters. The third-order valence-corrected chi connectivity index (χ3v) is 1.60. The first-order valence-electron chi connectivity index (χ1n) is 4.06. The van der Waals surface area contributed by atoms with Gasteiger partial charge >= 0.3 is 5.97 Å². The fourth-order valence-corrected chi connectivity index (χ4v) is 0.885. The standard InChI is InChI=1S/C10H10NO3/c1-14-9(12)7-11-10(13)8-5-3-2-4-6-8/h2-7,10H,1H3/q-1. The number of carbonyl (C=O) groups is 1. The van der Waals surface area contributed by atoms with E-state index in [1.54, 1.807) is 30.3 Å². The Morgan fingerprint density at radius 2 is 2.14 bits per heavy atom. The van der Waals surface area contributed by atoms with Crippen molar-refractivity contribution in [2.75, 3.05) is 7.11 Å². The Labute approximate surface area is 81.9 Å². The zero-order valence-electron chi connectivity index (χ0n) is 7.71. The number of methoxy groups -OCH3 is 1. The minimum atomic E-state index is -1.27. The summed E-state index contributed by atoms with van der Waals surface area (Å²) in [6, 6.07) is 8.61. The second-order valence-electron chi connectivity index (χ2n) is 2.56. The smallest absolute Gasteiger partial charge is 0.348 e. The van der Waals surface area contributed by atoms with Crippen molar-refractivity contribution in [2.24, 2.45) is 4.99 Å². The van der Waals surface area contributed by atoms with Crippen LogP contribution in [0.15, 0.2) is 35.3 Å². The Hall–Kier alpha value is -1.68. The topological polar surface area (TPSA) is 61.7 Å². The molecule has 4 nitrogen and oxygen atoms in total. The number of benzene rings is 1. The van der Waals surface area contributed by atoms with E-state index in [-0.39, 0.29) is 0 Å². The number of carbonyl (C=O) groups excluding carboxylic acids is 1. The first kappa shape index (κ1) is 10.4. The molecule has 0 aliphatic heterocycles. The van der Waals surface area contributed by atoms with Crippen LogP contribution >= 0.6 is 0 Å². The van der Waals surface area contributed by atoms with Crippen molar-refractivity contribution in [3.8, 4) is 0 Å². The van der Waals surface area contributed by atoms with Gasteiger partial charge in [-0.05, 0) is 11.8 Å². The third-order valence-electron chi connectivity index (χ3n) is 1.60. The van der Waals surface area contributed by atoms with Crippen molar-refractivity contribution < 1.29 is 14.6 Å². The summed E-state index contributed by atoms with van der Waals surface area (Å²) >= 11 is 0. The van der Waals surface area contributed by atoms with Crippen molar-refractivity contribution in [2.45, 2.75) is 6.23 Å². The number of rotatable bonds is 3. The molecule has 1 atom stereocenters. The van der Waals surface area contributed by atoms with Crippen LogP contribution < -0.4 is 5.11 Å². The van der Waals surface area contributed by atoms with Crippen LogP contribution in [0.25, 0.3) is 0 Å². The van der Waals surface area contributed by atoms with Crippen molar-refractivity contribution in [3.05, 3.63) is 35.9 Å². The maximum atomic E-state index is 11.3. The molecule has 0 spiro atoms. The molecule has 0 saturated carbocycles. The summed E-state index contributed by atoms with van der Waals surface area (Å²) in [6.45, 7) is 0. The molecule has 1 aromatic carbocycles. The van der Waals surface area contributed by atoms with E-state index in [0.29, 0.717) is 5.56 Å². The maximum Gasteiger partial charge on any atom is 0.348 e. The predicted molar refractivity (Wildman–Crippen MR) is 49.7 cm³/mol. The normalized spacial score (nSPS) is 12.7. The summed E-state index contributed by atoms with van der Waals surface area (Å²) in [5.41, 5.74) is 0.521. The van der Waals surface area contributed by atoms with E-state index in [1.807, 2.05) is 0 Å². The molecular formula is C10H10NO3-. The van der Waals surface area contributed by atoms with E-state index in [0.717, 1.165) is 6.21 Å². The van der Waals surface area contributed by atoms with E-state index in [4.69, 9.17) is 0 Å². The van der Waals surface area contributed by atoms with Crippen LogP contribution in [-0.2, 0) is 9.53 Å². The lowest BCUT2D eigenvalue weighted by Gasteiger charge is -2.16. The number of hydrogen-bond donors (Lipinski definition) is 0. The van der Waals surface area contributed by atoms with E-state index in [2.05, 4.69) is 9.73 Å². The van der Waals surface area contributed by atoms with E-state index in [1.165, 1.54) is 7.11 Å². The zero-order valence-corrected chi connectivity index (χ0v) is 7.71. The van der Waals surface area contributed by atoms with Crippen LogP contribution in [0.2, 0.25) is 0 Å². The first-order chi connectivity index (χ1) is 6.74. The number of ether oxygens (including phenoxy) is 1. The van der Waals surface area contributed by atoms with Gasteiger partial charge in [-0.25, -0.2) is 4.79 Å². The van der Waals surface area contributed by atoms with Gasteiger partial charge in [0.25, 0.3) is 0 Å². The molecular weight excluding hydrogens is 182 g/mol. The Bertz CT molecular complexity index is 321. The van der Waals surface area contributed by atoms with Crippen LogP contribution in [0.5, 0.6) is 0 Å². The van der Waals surface area contributed by atoms with Gasteiger partial charge in [0.05, 0.1) is 7.11 Å². The lowest BCUT2D eigenvalue weighted by atomic mass is 10.2. The van der Waals surface area contributed by atoms with Gasteiger partial charge in [0.15, 0.2) is 0 Å². The minimum Gasteiger partial charge on any atom is -0.831 e. The molecule has 0 aromatic heterocycles. The first-order valence-corrected chi connectivity index (χ1v) is 4.06. The predicted octanol–water partition coefficient (Wildman–Crippen LogP) is 0.289. The molecule has 0 saturated heterocycles. The van der Waals surface area contributed by atoms with Gasteiger partial charge in [-0.2, -0.15) is 0 Å². The minimum absolute atomic E-state index is 0.521. The van der Waals surface area contributed by atoms with E-state index in [9.17, 15) is 9.90 Å². The fraction of sp³-hybridized carbons (Fsp3) is 0.200. The Morgan fingerprint density at radius 1 is 1.50 bits per heavy atom. The van der Waals surface area contributed by atoms with Gasteiger partial charge in [-0.15, -0.1) is 0 Å². The third kappa shape index (κ3) is 2.99. The maximum absolute atomic E-state index is 11.3. The highest BCUT2D eigenvalue weighted by Gasteiger charge is 1.95. The van der Waals surface area contributed by atoms with E-state index >= 15 is 0 Å². The molecule has 1 aromatic rings. The second kappa shape index (κ2) is 5.14. The zero-order chi connectivity index (χ0) is 10.4. The van der Waals surface area contributed by atoms with Crippen molar-refractivity contribution >= 4 is 12.2 Å². The highest BCUT2D eigenvalue weighted by atomic mass is 16.5. The molecule has 0 N–H and O–H groups in total. The molecule has 0 aliphatic rings. The number of hydrogen-bond acceptors (Lipinski definition) is 4. The molecule has 0 aliphatic carbocycles. The summed E-state index contributed by atoms with van der Waals surface area (Å²) in [6.07, 6.45) is -0.375. The average molecular weight is 192 g/mol. The van der Waals surface area contributed by atoms with Crippen LogP contribution in [-0.4, -0.2) is 19.3 Å². The van der Waals surface area contributed by atoms with Crippen molar-refractivity contribution in [3.63, 3.8) is 0 Å². The monoisotopic (exact) mass is 192 g/mol. The molecule has 0 fully saturated rings. The van der Waals surface area contributed by atoms with Gasteiger partial charge in [-0.1, -0.05) is 30.3 Å². The highest BCUT2D eigenvalue weighted by Crippen LogP contribution is 2.08. The molecule has 0 bridgehead atoms. The Kier molecular flexibility index (Phi) is 3.82. The van der Waals surface area contributed by atoms with E-state index < -0.39 is 12.2 Å². The summed E-state index contributed by atoms with van der Waals surface area (Å²) in [5.74, 6) is -0.623. The number of esters is 1. The van der Waals surface area contributed by atoms with Crippen LogP contribution in [0.4, 0.5) is 0 Å². The van der Waals surface area contributed by atoms with Gasteiger partial charge in [-0.3, -0.25) is 4.99 Å². The lowest BCUT2D eigenvalue weighted by Crippen LogP contribution is -2.14. The van der Waals surface area contributed by atoms with Crippen LogP contribution in [0.3, 0.4) is 0 Å². The van der Waals surface area contributed by atoms with Gasteiger partial charge in [0.1, 0.15) is 6.21 Å². The molecule has 4 heteroatoms. The summed E-state index contributed by atoms with van der Waals surface area (Å²) in [4.78, 5) is 14.1. The van der Waals surface area contributed by atoms with Crippen molar-refractivity contribution in [1.82, 2.24) is 0 Å². The number of nitrogens with zero attached hydrogens (tertiary/aromatic N) is 1. The van der Waals surface area contributed by atoms with Gasteiger partial charge < -0.3 is 9.84 Å². The Morgan fingerprint density at radius 3 is 2.71 bits per heavy atom. The van der Waals surface area contributed by atoms with Crippen molar-refractivity contribution in [1.29, 1.82) is 0 Å². The van der Waals surface area contributed by atoms with Crippen LogP contribution in [0.1, 0.15) is 11.8 Å². The quantitative estimate of drug-likeness (QED) is 0.510. The molecule has 0 heterocycles. The van der Waals surface area contributed by atoms with Gasteiger partial charge in [0, 0.05) is 0 Å². The summed E-state index contributed by atoms with van der Waals surface area (Å²) < 4.78 is 4.31. The average Bonchev–Trinajstić information content (AvgIpc) is 2.26. The molecule has 0 amide bonds.